The van der Waals surface area contributed by atoms with Gasteiger partial charge in [0.1, 0.15) is 17.6 Å². The first-order valence-electron chi connectivity index (χ1n) is 9.02. The van der Waals surface area contributed by atoms with Gasteiger partial charge in [0.2, 0.25) is 0 Å². The molecule has 5 rings (SSSR count). The number of rotatable bonds is 5. The van der Waals surface area contributed by atoms with Gasteiger partial charge in [0.05, 0.1) is 24.5 Å². The molecule has 2 aromatic heterocycles. The van der Waals surface area contributed by atoms with Crippen molar-refractivity contribution >= 4 is 28.7 Å². The second kappa shape index (κ2) is 7.47. The van der Waals surface area contributed by atoms with Gasteiger partial charge in [0.25, 0.3) is 5.91 Å². The van der Waals surface area contributed by atoms with E-state index >= 15 is 0 Å². The Morgan fingerprint density at radius 1 is 1.17 bits per heavy atom. The first kappa shape index (κ1) is 17.6. The van der Waals surface area contributed by atoms with Crippen LogP contribution < -0.4 is 14.8 Å². The van der Waals surface area contributed by atoms with Crippen LogP contribution in [0.3, 0.4) is 0 Å². The summed E-state index contributed by atoms with van der Waals surface area (Å²) in [5.41, 5.74) is 2.87. The van der Waals surface area contributed by atoms with E-state index in [1.54, 1.807) is 10.9 Å². The van der Waals surface area contributed by atoms with Crippen LogP contribution in [0.5, 0.6) is 11.5 Å². The summed E-state index contributed by atoms with van der Waals surface area (Å²) in [7, 11) is 0. The third-order valence-electron chi connectivity index (χ3n) is 4.50. The summed E-state index contributed by atoms with van der Waals surface area (Å²) < 4.78 is 21.6. The van der Waals surface area contributed by atoms with E-state index in [0.29, 0.717) is 25.4 Å². The molecule has 1 atom stereocenters. The SMILES string of the molecule is O=C(NCc1ccc2nsnc2c1)c1cn(CC2COc3ccccc3O2)nn1. The molecule has 0 saturated carbocycles. The molecule has 1 N–H and O–H groups in total. The number of amides is 1. The molecule has 1 unspecified atom stereocenters. The zero-order valence-electron chi connectivity index (χ0n) is 15.2. The smallest absolute Gasteiger partial charge is 0.273 e. The number of carbonyl (C=O) groups excluding carboxylic acids is 1. The van der Waals surface area contributed by atoms with Crippen LogP contribution in [0.1, 0.15) is 16.1 Å². The number of nitrogens with one attached hydrogen (secondary N) is 1. The third kappa shape index (κ3) is 3.74. The molecule has 0 fully saturated rings. The Kier molecular flexibility index (Phi) is 4.53. The van der Waals surface area contributed by atoms with E-state index in [2.05, 4.69) is 24.4 Å². The van der Waals surface area contributed by atoms with Crippen molar-refractivity contribution in [3.8, 4) is 11.5 Å². The lowest BCUT2D eigenvalue weighted by atomic mass is 10.2. The molecule has 10 heteroatoms. The van der Waals surface area contributed by atoms with Crippen molar-refractivity contribution in [2.24, 2.45) is 0 Å². The summed E-state index contributed by atoms with van der Waals surface area (Å²) in [6.45, 7) is 1.21. The number of aromatic nitrogens is 5. The van der Waals surface area contributed by atoms with E-state index in [9.17, 15) is 4.79 Å². The predicted molar refractivity (Wildman–Crippen MR) is 105 cm³/mol. The Bertz CT molecular complexity index is 1170. The van der Waals surface area contributed by atoms with Crippen LogP contribution in [-0.2, 0) is 13.1 Å². The Morgan fingerprint density at radius 2 is 2.03 bits per heavy atom. The third-order valence-corrected chi connectivity index (χ3v) is 5.06. The van der Waals surface area contributed by atoms with E-state index in [0.717, 1.165) is 22.3 Å². The van der Waals surface area contributed by atoms with Gasteiger partial charge in [-0.05, 0) is 29.8 Å². The van der Waals surface area contributed by atoms with Crippen LogP contribution in [0.2, 0.25) is 0 Å². The number of hydrogen-bond acceptors (Lipinski definition) is 8. The molecule has 0 radical (unpaired) electrons. The Morgan fingerprint density at radius 3 is 2.97 bits per heavy atom. The fourth-order valence-electron chi connectivity index (χ4n) is 3.06. The number of para-hydroxylation sites is 2. The highest BCUT2D eigenvalue weighted by atomic mass is 32.1. The maximum Gasteiger partial charge on any atom is 0.273 e. The van der Waals surface area contributed by atoms with Gasteiger partial charge in [-0.25, -0.2) is 4.68 Å². The highest BCUT2D eigenvalue weighted by Crippen LogP contribution is 2.31. The summed E-state index contributed by atoms with van der Waals surface area (Å²) in [4.78, 5) is 12.4. The molecule has 0 saturated heterocycles. The average molecular weight is 408 g/mol. The zero-order chi connectivity index (χ0) is 19.6. The van der Waals surface area contributed by atoms with Gasteiger partial charge in [0, 0.05) is 6.54 Å². The summed E-state index contributed by atoms with van der Waals surface area (Å²) in [6.07, 6.45) is 1.40. The molecule has 0 aliphatic carbocycles. The minimum Gasteiger partial charge on any atom is -0.486 e. The van der Waals surface area contributed by atoms with Crippen LogP contribution in [0.25, 0.3) is 11.0 Å². The highest BCUT2D eigenvalue weighted by Gasteiger charge is 2.22. The zero-order valence-corrected chi connectivity index (χ0v) is 16.0. The molecular formula is C19H16N6O3S. The summed E-state index contributed by atoms with van der Waals surface area (Å²) in [6, 6.07) is 13.2. The highest BCUT2D eigenvalue weighted by molar-refractivity contribution is 7.00. The quantitative estimate of drug-likeness (QED) is 0.539. The number of ether oxygens (including phenoxy) is 2. The van der Waals surface area contributed by atoms with Gasteiger partial charge in [-0.3, -0.25) is 4.79 Å². The minimum atomic E-state index is -0.293. The van der Waals surface area contributed by atoms with Crippen LogP contribution in [-0.4, -0.2) is 42.4 Å². The molecule has 1 amide bonds. The fraction of sp³-hybridized carbons (Fsp3) is 0.211. The van der Waals surface area contributed by atoms with Crippen LogP contribution in [0, 0.1) is 0 Å². The second-order valence-corrected chi connectivity index (χ2v) is 7.12. The van der Waals surface area contributed by atoms with Crippen molar-refractivity contribution < 1.29 is 14.3 Å². The number of benzene rings is 2. The second-order valence-electron chi connectivity index (χ2n) is 6.59. The number of nitrogens with zero attached hydrogens (tertiary/aromatic N) is 5. The standard InChI is InChI=1S/C19H16N6O3S/c26-19(20-8-12-5-6-14-15(7-12)23-29-22-14)16-10-25(24-21-16)9-13-11-27-17-3-1-2-4-18(17)28-13/h1-7,10,13H,8-9,11H2,(H,20,26). The van der Waals surface area contributed by atoms with Crippen molar-refractivity contribution in [2.75, 3.05) is 6.61 Å². The number of hydrogen-bond donors (Lipinski definition) is 1. The van der Waals surface area contributed by atoms with Crippen molar-refractivity contribution in [2.45, 2.75) is 19.2 Å². The van der Waals surface area contributed by atoms with Crippen molar-refractivity contribution in [3.63, 3.8) is 0 Å². The lowest BCUT2D eigenvalue weighted by molar-refractivity contribution is 0.0754. The topological polar surface area (TPSA) is 104 Å². The molecule has 146 valence electrons. The van der Waals surface area contributed by atoms with E-state index in [4.69, 9.17) is 9.47 Å². The first-order chi connectivity index (χ1) is 14.2. The monoisotopic (exact) mass is 408 g/mol. The molecule has 1 aliphatic rings. The summed E-state index contributed by atoms with van der Waals surface area (Å²) in [5, 5.41) is 10.8. The van der Waals surface area contributed by atoms with Gasteiger partial charge in [-0.15, -0.1) is 5.10 Å². The molecule has 4 aromatic rings. The number of fused-ring (bicyclic) bond motifs is 2. The molecule has 1 aliphatic heterocycles. The van der Waals surface area contributed by atoms with Crippen molar-refractivity contribution in [1.29, 1.82) is 0 Å². The average Bonchev–Trinajstić information content (AvgIpc) is 3.41. The minimum absolute atomic E-state index is 0.207. The number of carbonyl (C=O) groups is 1. The predicted octanol–water partition coefficient (Wildman–Crippen LogP) is 2.05. The summed E-state index contributed by atoms with van der Waals surface area (Å²) in [5.74, 6) is 1.14. The van der Waals surface area contributed by atoms with Gasteiger partial charge in [-0.2, -0.15) is 8.75 Å². The van der Waals surface area contributed by atoms with E-state index < -0.39 is 0 Å². The maximum absolute atomic E-state index is 12.4. The molecule has 0 bridgehead atoms. The maximum atomic E-state index is 12.4. The Labute approximate surface area is 169 Å². The lowest BCUT2D eigenvalue weighted by Crippen LogP contribution is -2.33. The van der Waals surface area contributed by atoms with Crippen LogP contribution >= 0.6 is 11.7 Å². The molecule has 2 aromatic carbocycles. The van der Waals surface area contributed by atoms with Crippen molar-refractivity contribution in [1.82, 2.24) is 29.1 Å². The Balaban J connectivity index is 1.19. The molecule has 0 spiro atoms. The van der Waals surface area contributed by atoms with Crippen LogP contribution in [0.15, 0.2) is 48.7 Å². The fourth-order valence-corrected chi connectivity index (χ4v) is 3.58. The summed E-state index contributed by atoms with van der Waals surface area (Å²) >= 11 is 1.17. The van der Waals surface area contributed by atoms with Crippen LogP contribution in [0.4, 0.5) is 0 Å². The largest absolute Gasteiger partial charge is 0.486 e. The van der Waals surface area contributed by atoms with Crippen molar-refractivity contribution in [3.05, 3.63) is 59.9 Å². The van der Waals surface area contributed by atoms with Gasteiger partial charge in [-0.1, -0.05) is 23.4 Å². The first-order valence-corrected chi connectivity index (χ1v) is 9.76. The Hall–Kier alpha value is -3.53. The van der Waals surface area contributed by atoms with E-state index in [1.165, 1.54) is 11.7 Å². The van der Waals surface area contributed by atoms with Gasteiger partial charge < -0.3 is 14.8 Å². The molecular weight excluding hydrogens is 392 g/mol. The lowest BCUT2D eigenvalue weighted by Gasteiger charge is -2.26. The van der Waals surface area contributed by atoms with E-state index in [1.807, 2.05) is 42.5 Å². The van der Waals surface area contributed by atoms with E-state index in [-0.39, 0.29) is 17.7 Å². The normalized spacial score (nSPS) is 15.4. The van der Waals surface area contributed by atoms with Gasteiger partial charge in [0.15, 0.2) is 23.3 Å². The molecule has 9 nitrogen and oxygen atoms in total. The molecule has 3 heterocycles. The molecule has 29 heavy (non-hydrogen) atoms. The van der Waals surface area contributed by atoms with Gasteiger partial charge >= 0.3 is 0 Å².